The number of aromatic nitrogens is 3. The largest absolute Gasteiger partial charge is 0.494 e. The number of nitrogens with one attached hydrogen (secondary N) is 1. The monoisotopic (exact) mass is 352 g/mol. The van der Waals surface area contributed by atoms with E-state index < -0.39 is 0 Å². The van der Waals surface area contributed by atoms with Gasteiger partial charge in [0.2, 0.25) is 4.77 Å². The van der Waals surface area contributed by atoms with Crippen molar-refractivity contribution in [1.82, 2.24) is 14.9 Å². The molecule has 1 aromatic heterocycles. The predicted molar refractivity (Wildman–Crippen MR) is 103 cm³/mol. The van der Waals surface area contributed by atoms with Gasteiger partial charge >= 0.3 is 0 Å². The summed E-state index contributed by atoms with van der Waals surface area (Å²) in [6, 6.07) is 15.9. The van der Waals surface area contributed by atoms with Gasteiger partial charge in [0.25, 0.3) is 0 Å². The van der Waals surface area contributed by atoms with E-state index in [0.717, 1.165) is 35.5 Å². The van der Waals surface area contributed by atoms with E-state index in [1.54, 1.807) is 10.9 Å². The van der Waals surface area contributed by atoms with E-state index >= 15 is 0 Å². The Morgan fingerprint density at radius 1 is 1.24 bits per heavy atom. The van der Waals surface area contributed by atoms with Crippen LogP contribution in [-0.2, 0) is 0 Å². The van der Waals surface area contributed by atoms with Gasteiger partial charge in [0.15, 0.2) is 5.82 Å². The molecule has 6 heteroatoms. The fraction of sp³-hybridized carbons (Fsp3) is 0.211. The molecule has 3 aromatic rings. The first-order chi connectivity index (χ1) is 12.2. The van der Waals surface area contributed by atoms with E-state index in [1.807, 2.05) is 49.4 Å². The van der Waals surface area contributed by atoms with Crippen LogP contribution in [-0.4, -0.2) is 27.7 Å². The van der Waals surface area contributed by atoms with Crippen LogP contribution in [0.4, 0.5) is 0 Å². The molecule has 0 aliphatic heterocycles. The summed E-state index contributed by atoms with van der Waals surface area (Å²) in [4.78, 5) is 0. The molecule has 0 fully saturated rings. The number of aromatic amines is 1. The van der Waals surface area contributed by atoms with Crippen molar-refractivity contribution in [3.8, 4) is 17.1 Å². The number of rotatable bonds is 6. The van der Waals surface area contributed by atoms with E-state index in [4.69, 9.17) is 17.0 Å². The van der Waals surface area contributed by atoms with Gasteiger partial charge < -0.3 is 4.74 Å². The third-order valence-electron chi connectivity index (χ3n) is 3.60. The summed E-state index contributed by atoms with van der Waals surface area (Å²) in [6.07, 6.45) is 2.75. The van der Waals surface area contributed by atoms with Crippen LogP contribution in [0.15, 0.2) is 53.6 Å². The Balaban J connectivity index is 1.84. The molecule has 0 spiro atoms. The van der Waals surface area contributed by atoms with Crippen LogP contribution in [0.5, 0.6) is 5.75 Å². The molecule has 0 saturated heterocycles. The first-order valence-corrected chi connectivity index (χ1v) is 8.60. The van der Waals surface area contributed by atoms with Crippen molar-refractivity contribution in [2.24, 2.45) is 5.10 Å². The molecule has 1 N–H and O–H groups in total. The molecule has 0 unspecified atom stereocenters. The fourth-order valence-corrected chi connectivity index (χ4v) is 2.54. The minimum absolute atomic E-state index is 0.454. The van der Waals surface area contributed by atoms with Crippen molar-refractivity contribution < 1.29 is 4.74 Å². The number of nitrogens with zero attached hydrogens (tertiary/aromatic N) is 3. The first-order valence-electron chi connectivity index (χ1n) is 8.19. The maximum absolute atomic E-state index is 5.59. The normalized spacial score (nSPS) is 11.1. The van der Waals surface area contributed by atoms with Crippen LogP contribution in [0.3, 0.4) is 0 Å². The molecule has 3 rings (SSSR count). The standard InChI is InChI=1S/C19H20N4OS/c1-3-11-24-17-9-7-15(8-10-17)13-20-23-18(21-22-19(23)25)16-6-4-5-14(2)12-16/h4-10,12-13H,3,11H2,1-2H3,(H,22,25)/b20-13-. The average molecular weight is 352 g/mol. The lowest BCUT2D eigenvalue weighted by atomic mass is 10.1. The Bertz CT molecular complexity index is 925. The molecule has 5 nitrogen and oxygen atoms in total. The van der Waals surface area contributed by atoms with Gasteiger partial charge in [-0.1, -0.05) is 30.7 Å². The van der Waals surface area contributed by atoms with Gasteiger partial charge in [-0.25, -0.2) is 5.10 Å². The summed E-state index contributed by atoms with van der Waals surface area (Å²) in [5.41, 5.74) is 3.08. The van der Waals surface area contributed by atoms with Crippen molar-refractivity contribution in [1.29, 1.82) is 0 Å². The zero-order chi connectivity index (χ0) is 17.6. The fourth-order valence-electron chi connectivity index (χ4n) is 2.36. The smallest absolute Gasteiger partial charge is 0.216 e. The van der Waals surface area contributed by atoms with Gasteiger partial charge in [0, 0.05) is 5.56 Å². The Kier molecular flexibility index (Phi) is 5.40. The first kappa shape index (κ1) is 17.1. The molecule has 0 aliphatic carbocycles. The molecule has 0 amide bonds. The maximum Gasteiger partial charge on any atom is 0.216 e. The SMILES string of the molecule is CCCOc1ccc(/C=N\n2c(-c3cccc(C)c3)n[nH]c2=S)cc1. The Hall–Kier alpha value is -2.73. The summed E-state index contributed by atoms with van der Waals surface area (Å²) in [5, 5.41) is 11.6. The summed E-state index contributed by atoms with van der Waals surface area (Å²) in [6.45, 7) is 4.85. The zero-order valence-electron chi connectivity index (χ0n) is 14.3. The van der Waals surface area contributed by atoms with Crippen molar-refractivity contribution in [3.05, 3.63) is 64.4 Å². The highest BCUT2D eigenvalue weighted by atomic mass is 32.1. The van der Waals surface area contributed by atoms with Crippen molar-refractivity contribution in [2.45, 2.75) is 20.3 Å². The minimum atomic E-state index is 0.454. The molecule has 0 bridgehead atoms. The number of hydrogen-bond acceptors (Lipinski definition) is 4. The summed E-state index contributed by atoms with van der Waals surface area (Å²) in [5.74, 6) is 1.55. The molecule has 0 aliphatic rings. The minimum Gasteiger partial charge on any atom is -0.494 e. The maximum atomic E-state index is 5.59. The summed E-state index contributed by atoms with van der Waals surface area (Å²) < 4.78 is 7.67. The second-order valence-electron chi connectivity index (χ2n) is 5.70. The van der Waals surface area contributed by atoms with E-state index in [-0.39, 0.29) is 0 Å². The lowest BCUT2D eigenvalue weighted by Gasteiger charge is -2.04. The van der Waals surface area contributed by atoms with Crippen LogP contribution in [0.2, 0.25) is 0 Å². The summed E-state index contributed by atoms with van der Waals surface area (Å²) in [7, 11) is 0. The van der Waals surface area contributed by atoms with Crippen LogP contribution in [0.25, 0.3) is 11.4 Å². The molecule has 2 aromatic carbocycles. The van der Waals surface area contributed by atoms with Gasteiger partial charge in [-0.15, -0.1) is 0 Å². The summed E-state index contributed by atoms with van der Waals surface area (Å²) >= 11 is 5.30. The molecule has 0 saturated carbocycles. The molecular weight excluding hydrogens is 332 g/mol. The second kappa shape index (κ2) is 7.90. The van der Waals surface area contributed by atoms with Crippen LogP contribution in [0.1, 0.15) is 24.5 Å². The van der Waals surface area contributed by atoms with Gasteiger partial charge in [0.05, 0.1) is 12.8 Å². The lowest BCUT2D eigenvalue weighted by molar-refractivity contribution is 0.317. The number of H-pyrrole nitrogens is 1. The van der Waals surface area contributed by atoms with Crippen molar-refractivity contribution in [3.63, 3.8) is 0 Å². The van der Waals surface area contributed by atoms with E-state index in [0.29, 0.717) is 10.6 Å². The van der Waals surface area contributed by atoms with Crippen LogP contribution in [0, 0.1) is 11.7 Å². The van der Waals surface area contributed by atoms with Gasteiger partial charge in [-0.2, -0.15) is 14.9 Å². The van der Waals surface area contributed by atoms with E-state index in [9.17, 15) is 0 Å². The highest BCUT2D eigenvalue weighted by molar-refractivity contribution is 7.71. The average Bonchev–Trinajstić information content (AvgIpc) is 3.00. The molecule has 1 heterocycles. The molecule has 128 valence electrons. The zero-order valence-corrected chi connectivity index (χ0v) is 15.1. The Morgan fingerprint density at radius 2 is 2.04 bits per heavy atom. The van der Waals surface area contributed by atoms with Crippen molar-refractivity contribution >= 4 is 18.4 Å². The molecule has 25 heavy (non-hydrogen) atoms. The van der Waals surface area contributed by atoms with E-state index in [1.165, 1.54) is 0 Å². The Morgan fingerprint density at radius 3 is 2.76 bits per heavy atom. The second-order valence-corrected chi connectivity index (χ2v) is 6.08. The molecule has 0 atom stereocenters. The van der Waals surface area contributed by atoms with Crippen molar-refractivity contribution in [2.75, 3.05) is 6.61 Å². The van der Waals surface area contributed by atoms with Crippen LogP contribution >= 0.6 is 12.2 Å². The molecule has 0 radical (unpaired) electrons. The topological polar surface area (TPSA) is 55.2 Å². The molecular formula is C19H20N4OS. The van der Waals surface area contributed by atoms with Gasteiger partial charge in [0.1, 0.15) is 5.75 Å². The Labute approximate surface area is 152 Å². The highest BCUT2D eigenvalue weighted by Crippen LogP contribution is 2.18. The van der Waals surface area contributed by atoms with Gasteiger partial charge in [-0.05, 0) is 61.5 Å². The third-order valence-corrected chi connectivity index (χ3v) is 3.87. The van der Waals surface area contributed by atoms with Crippen LogP contribution < -0.4 is 4.74 Å². The lowest BCUT2D eigenvalue weighted by Crippen LogP contribution is -1.96. The number of ether oxygens (including phenoxy) is 1. The number of aryl methyl sites for hydroxylation is 1. The predicted octanol–water partition coefficient (Wildman–Crippen LogP) is 4.59. The van der Waals surface area contributed by atoms with E-state index in [2.05, 4.69) is 28.3 Å². The number of hydrogen-bond donors (Lipinski definition) is 1. The third kappa shape index (κ3) is 4.22. The number of benzene rings is 2. The quantitative estimate of drug-likeness (QED) is 0.521. The van der Waals surface area contributed by atoms with Gasteiger partial charge in [-0.3, -0.25) is 0 Å². The highest BCUT2D eigenvalue weighted by Gasteiger charge is 2.07.